The lowest BCUT2D eigenvalue weighted by molar-refractivity contribution is -0.145. The number of hydrogen-bond donors (Lipinski definition) is 1. The zero-order valence-corrected chi connectivity index (χ0v) is 15.4. The van der Waals surface area contributed by atoms with Crippen LogP contribution in [0.5, 0.6) is 5.75 Å². The zero-order chi connectivity index (χ0) is 18.2. The van der Waals surface area contributed by atoms with Crippen molar-refractivity contribution in [2.75, 3.05) is 19.0 Å². The van der Waals surface area contributed by atoms with Gasteiger partial charge in [0.25, 0.3) is 5.91 Å². The standard InChI is InChI=1S/C17H15Cl2NO4S/c18-11-5-6-13(19)15(9-11)25-8-7-23-16(21)10-24-14-4-2-1-3-12(14)17(20)22/h1-6,9H,7-8,10H2,(H2,20,22). The largest absolute Gasteiger partial charge is 0.481 e. The van der Waals surface area contributed by atoms with E-state index in [-0.39, 0.29) is 24.5 Å². The number of halogens is 2. The highest BCUT2D eigenvalue weighted by atomic mass is 35.5. The Hall–Kier alpha value is -1.89. The molecule has 0 aliphatic heterocycles. The molecule has 0 aromatic heterocycles. The van der Waals surface area contributed by atoms with Crippen LogP contribution in [0.1, 0.15) is 10.4 Å². The van der Waals surface area contributed by atoms with Crippen LogP contribution in [-0.4, -0.2) is 30.8 Å². The first kappa shape index (κ1) is 19.4. The van der Waals surface area contributed by atoms with Crippen molar-refractivity contribution in [3.8, 4) is 5.75 Å². The summed E-state index contributed by atoms with van der Waals surface area (Å²) in [4.78, 5) is 23.8. The molecule has 0 fully saturated rings. The number of ether oxygens (including phenoxy) is 2. The normalized spacial score (nSPS) is 10.3. The van der Waals surface area contributed by atoms with Crippen molar-refractivity contribution in [2.45, 2.75) is 4.90 Å². The Morgan fingerprint density at radius 2 is 1.88 bits per heavy atom. The molecule has 2 aromatic rings. The number of hydrogen-bond acceptors (Lipinski definition) is 5. The van der Waals surface area contributed by atoms with Crippen molar-refractivity contribution in [2.24, 2.45) is 5.73 Å². The molecule has 2 aromatic carbocycles. The molecule has 0 unspecified atom stereocenters. The summed E-state index contributed by atoms with van der Waals surface area (Å²) >= 11 is 13.4. The van der Waals surface area contributed by atoms with Crippen molar-refractivity contribution in [1.82, 2.24) is 0 Å². The van der Waals surface area contributed by atoms with Crippen LogP contribution in [-0.2, 0) is 9.53 Å². The summed E-state index contributed by atoms with van der Waals surface area (Å²) < 4.78 is 10.4. The summed E-state index contributed by atoms with van der Waals surface area (Å²) in [6.07, 6.45) is 0. The molecular weight excluding hydrogens is 385 g/mol. The topological polar surface area (TPSA) is 78.6 Å². The smallest absolute Gasteiger partial charge is 0.344 e. The van der Waals surface area contributed by atoms with E-state index in [2.05, 4.69) is 0 Å². The summed E-state index contributed by atoms with van der Waals surface area (Å²) in [6, 6.07) is 11.6. The van der Waals surface area contributed by atoms with Gasteiger partial charge in [0.05, 0.1) is 10.6 Å². The average molecular weight is 400 g/mol. The minimum atomic E-state index is -0.626. The number of carbonyl (C=O) groups excluding carboxylic acids is 2. The fraction of sp³-hybridized carbons (Fsp3) is 0.176. The third-order valence-corrected chi connectivity index (χ3v) is 4.69. The highest BCUT2D eigenvalue weighted by molar-refractivity contribution is 7.99. The maximum atomic E-state index is 11.7. The van der Waals surface area contributed by atoms with E-state index in [0.717, 1.165) is 4.90 Å². The highest BCUT2D eigenvalue weighted by Crippen LogP contribution is 2.29. The molecule has 0 aliphatic carbocycles. The lowest BCUT2D eigenvalue weighted by atomic mass is 10.2. The minimum Gasteiger partial charge on any atom is -0.481 e. The lowest BCUT2D eigenvalue weighted by Gasteiger charge is -2.09. The Balaban J connectivity index is 1.74. The molecule has 8 heteroatoms. The van der Waals surface area contributed by atoms with Crippen LogP contribution in [0.4, 0.5) is 0 Å². The van der Waals surface area contributed by atoms with E-state index < -0.39 is 11.9 Å². The zero-order valence-electron chi connectivity index (χ0n) is 13.0. The second-order valence-electron chi connectivity index (χ2n) is 4.79. The first-order valence-electron chi connectivity index (χ1n) is 7.22. The van der Waals surface area contributed by atoms with Gasteiger partial charge < -0.3 is 15.2 Å². The van der Waals surface area contributed by atoms with Gasteiger partial charge in [0.1, 0.15) is 12.4 Å². The summed E-state index contributed by atoms with van der Waals surface area (Å²) in [5.41, 5.74) is 5.45. The lowest BCUT2D eigenvalue weighted by Crippen LogP contribution is -2.18. The van der Waals surface area contributed by atoms with E-state index in [9.17, 15) is 9.59 Å². The number of esters is 1. The average Bonchev–Trinajstić information content (AvgIpc) is 2.60. The summed E-state index contributed by atoms with van der Waals surface area (Å²) in [7, 11) is 0. The molecule has 0 saturated heterocycles. The van der Waals surface area contributed by atoms with Gasteiger partial charge in [-0.05, 0) is 30.3 Å². The third kappa shape index (κ3) is 6.16. The molecule has 0 atom stereocenters. The Morgan fingerprint density at radius 3 is 2.64 bits per heavy atom. The molecule has 1 amide bonds. The quantitative estimate of drug-likeness (QED) is 0.414. The van der Waals surface area contributed by atoms with Crippen LogP contribution >= 0.6 is 35.0 Å². The molecule has 0 radical (unpaired) electrons. The van der Waals surface area contributed by atoms with Crippen molar-refractivity contribution >= 4 is 46.8 Å². The predicted octanol–water partition coefficient (Wildman–Crippen LogP) is 3.81. The van der Waals surface area contributed by atoms with Crippen molar-refractivity contribution < 1.29 is 19.1 Å². The number of carbonyl (C=O) groups is 2. The van der Waals surface area contributed by atoms with Crippen LogP contribution in [0.15, 0.2) is 47.4 Å². The van der Waals surface area contributed by atoms with Crippen LogP contribution in [0, 0.1) is 0 Å². The maximum Gasteiger partial charge on any atom is 0.344 e. The number of benzene rings is 2. The van der Waals surface area contributed by atoms with Gasteiger partial charge in [-0.2, -0.15) is 0 Å². The van der Waals surface area contributed by atoms with Crippen LogP contribution in [0.3, 0.4) is 0 Å². The second-order valence-corrected chi connectivity index (χ2v) is 6.77. The molecule has 132 valence electrons. The molecule has 2 rings (SSSR count). The first-order valence-corrected chi connectivity index (χ1v) is 8.96. The van der Waals surface area contributed by atoms with Gasteiger partial charge in [-0.1, -0.05) is 35.3 Å². The van der Waals surface area contributed by atoms with Gasteiger partial charge in [0.15, 0.2) is 6.61 Å². The van der Waals surface area contributed by atoms with E-state index >= 15 is 0 Å². The summed E-state index contributed by atoms with van der Waals surface area (Å²) in [5, 5.41) is 1.18. The van der Waals surface area contributed by atoms with Crippen molar-refractivity contribution in [1.29, 1.82) is 0 Å². The highest BCUT2D eigenvalue weighted by Gasteiger charge is 2.11. The molecule has 2 N–H and O–H groups in total. The molecule has 5 nitrogen and oxygen atoms in total. The number of rotatable bonds is 8. The SMILES string of the molecule is NC(=O)c1ccccc1OCC(=O)OCCSc1cc(Cl)ccc1Cl. The second kappa shape index (κ2) is 9.56. The molecule has 0 saturated carbocycles. The molecule has 0 spiro atoms. The molecule has 0 heterocycles. The van der Waals surface area contributed by atoms with Crippen molar-refractivity contribution in [3.05, 3.63) is 58.1 Å². The number of para-hydroxylation sites is 1. The minimum absolute atomic E-state index is 0.188. The van der Waals surface area contributed by atoms with Crippen molar-refractivity contribution in [3.63, 3.8) is 0 Å². The molecular formula is C17H15Cl2NO4S. The van der Waals surface area contributed by atoms with E-state index in [1.54, 1.807) is 36.4 Å². The summed E-state index contributed by atoms with van der Waals surface area (Å²) in [6.45, 7) is -0.125. The predicted molar refractivity (Wildman–Crippen MR) is 98.6 cm³/mol. The first-order chi connectivity index (χ1) is 12.0. The maximum absolute atomic E-state index is 11.7. The Kier molecular flexibility index (Phi) is 7.43. The molecule has 0 bridgehead atoms. The fourth-order valence-corrected chi connectivity index (χ4v) is 3.19. The van der Waals surface area contributed by atoms with E-state index in [0.29, 0.717) is 15.8 Å². The fourth-order valence-electron chi connectivity index (χ4n) is 1.87. The number of nitrogens with two attached hydrogens (primary N) is 1. The van der Waals surface area contributed by atoms with E-state index in [4.69, 9.17) is 38.4 Å². The number of amides is 1. The van der Waals surface area contributed by atoms with Crippen LogP contribution in [0.2, 0.25) is 10.0 Å². The Morgan fingerprint density at radius 1 is 1.12 bits per heavy atom. The third-order valence-electron chi connectivity index (χ3n) is 3.00. The molecule has 0 aliphatic rings. The number of primary amides is 1. The van der Waals surface area contributed by atoms with E-state index in [1.165, 1.54) is 17.8 Å². The van der Waals surface area contributed by atoms with E-state index in [1.807, 2.05) is 0 Å². The van der Waals surface area contributed by atoms with Gasteiger partial charge in [-0.25, -0.2) is 4.79 Å². The van der Waals surface area contributed by atoms with Crippen LogP contribution < -0.4 is 10.5 Å². The van der Waals surface area contributed by atoms with Gasteiger partial charge in [0, 0.05) is 15.7 Å². The van der Waals surface area contributed by atoms with Gasteiger partial charge in [-0.15, -0.1) is 11.8 Å². The number of thioether (sulfide) groups is 1. The Bertz CT molecular complexity index is 770. The monoisotopic (exact) mass is 399 g/mol. The van der Waals surface area contributed by atoms with Gasteiger partial charge in [-0.3, -0.25) is 4.79 Å². The summed E-state index contributed by atoms with van der Waals surface area (Å²) in [5.74, 6) is -0.410. The Labute approximate surface area is 159 Å². The molecule has 25 heavy (non-hydrogen) atoms. The van der Waals surface area contributed by atoms with Gasteiger partial charge >= 0.3 is 5.97 Å². The van der Waals surface area contributed by atoms with Crippen LogP contribution in [0.25, 0.3) is 0 Å². The van der Waals surface area contributed by atoms with Gasteiger partial charge in [0.2, 0.25) is 0 Å².